The maximum atomic E-state index is 4.96. The van der Waals surface area contributed by atoms with Crippen LogP contribution in [-0.2, 0) is 5.41 Å². The van der Waals surface area contributed by atoms with E-state index in [0.29, 0.717) is 17.5 Å². The molecule has 3 nitrogen and oxygen atoms in total. The van der Waals surface area contributed by atoms with E-state index in [1.54, 1.807) is 0 Å². The highest BCUT2D eigenvalue weighted by molar-refractivity contribution is 7.99. The maximum Gasteiger partial charge on any atom is 0.164 e. The first kappa shape index (κ1) is 32.5. The lowest BCUT2D eigenvalue weighted by atomic mass is 9.67. The molecule has 262 valence electrons. The molecule has 0 bridgehead atoms. The highest BCUT2D eigenvalue weighted by atomic mass is 32.2. The van der Waals surface area contributed by atoms with Gasteiger partial charge in [0.25, 0.3) is 0 Å². The number of aromatic nitrogens is 3. The molecule has 0 fully saturated rings. The van der Waals surface area contributed by atoms with E-state index in [2.05, 4.69) is 140 Å². The van der Waals surface area contributed by atoms with Gasteiger partial charge in [-0.05, 0) is 67.8 Å². The first-order chi connectivity index (χ1) is 27.8. The van der Waals surface area contributed by atoms with Gasteiger partial charge in [-0.25, -0.2) is 15.0 Å². The topological polar surface area (TPSA) is 38.7 Å². The summed E-state index contributed by atoms with van der Waals surface area (Å²) in [5, 5.41) is 0. The van der Waals surface area contributed by atoms with E-state index >= 15 is 0 Å². The molecule has 0 atom stereocenters. The Morgan fingerprint density at radius 1 is 0.286 bits per heavy atom. The number of nitrogens with zero attached hydrogens (tertiary/aromatic N) is 3. The van der Waals surface area contributed by atoms with E-state index in [4.69, 9.17) is 15.0 Å². The molecule has 1 aromatic heterocycles. The van der Waals surface area contributed by atoms with Gasteiger partial charge in [-0.1, -0.05) is 200 Å². The molecule has 1 spiro atoms. The van der Waals surface area contributed by atoms with Crippen LogP contribution in [0.15, 0.2) is 210 Å². The van der Waals surface area contributed by atoms with Crippen LogP contribution in [0.1, 0.15) is 22.3 Å². The number of rotatable bonds is 5. The largest absolute Gasteiger partial charge is 0.208 e. The van der Waals surface area contributed by atoms with Gasteiger partial charge < -0.3 is 0 Å². The zero-order valence-electron chi connectivity index (χ0n) is 30.3. The third-order valence-corrected chi connectivity index (χ3v) is 12.4. The van der Waals surface area contributed by atoms with Gasteiger partial charge >= 0.3 is 0 Å². The third-order valence-electron chi connectivity index (χ3n) is 11.2. The van der Waals surface area contributed by atoms with Gasteiger partial charge in [0.05, 0.1) is 5.41 Å². The second-order valence-corrected chi connectivity index (χ2v) is 15.4. The Hall–Kier alpha value is -6.88. The fourth-order valence-electron chi connectivity index (χ4n) is 8.75. The molecule has 2 heterocycles. The molecule has 56 heavy (non-hydrogen) atoms. The molecule has 0 N–H and O–H groups in total. The van der Waals surface area contributed by atoms with Crippen molar-refractivity contribution in [3.8, 4) is 67.5 Å². The van der Waals surface area contributed by atoms with E-state index in [-0.39, 0.29) is 5.41 Å². The summed E-state index contributed by atoms with van der Waals surface area (Å²) in [5.41, 5.74) is 15.2. The Bertz CT molecular complexity index is 2840. The van der Waals surface area contributed by atoms with Crippen LogP contribution in [0.25, 0.3) is 67.5 Å². The molecule has 8 aromatic carbocycles. The van der Waals surface area contributed by atoms with Crippen LogP contribution in [0, 0.1) is 0 Å². The van der Waals surface area contributed by atoms with Gasteiger partial charge in [0.1, 0.15) is 0 Å². The number of benzene rings is 8. The Kier molecular flexibility index (Phi) is 7.64. The van der Waals surface area contributed by atoms with Gasteiger partial charge in [-0.15, -0.1) is 0 Å². The lowest BCUT2D eigenvalue weighted by molar-refractivity contribution is 0.722. The average molecular weight is 732 g/mol. The lowest BCUT2D eigenvalue weighted by Crippen LogP contribution is -2.31. The summed E-state index contributed by atoms with van der Waals surface area (Å²) in [6.45, 7) is 0. The van der Waals surface area contributed by atoms with E-state index in [0.717, 1.165) is 22.3 Å². The number of hydrogen-bond acceptors (Lipinski definition) is 4. The summed E-state index contributed by atoms with van der Waals surface area (Å²) < 4.78 is 0. The van der Waals surface area contributed by atoms with Crippen molar-refractivity contribution in [1.82, 2.24) is 15.0 Å². The highest BCUT2D eigenvalue weighted by Gasteiger charge is 2.50. The van der Waals surface area contributed by atoms with Gasteiger partial charge in [-0.2, -0.15) is 0 Å². The molecule has 0 radical (unpaired) electrons. The fourth-order valence-corrected chi connectivity index (χ4v) is 9.98. The van der Waals surface area contributed by atoms with Crippen molar-refractivity contribution < 1.29 is 0 Å². The standard InChI is InChI=1S/C52H33N3S/c1-3-15-35(16-4-1)49-53-50(36-17-5-2-6-18-36)55-51(54-49)37-29-27-34(28-30-37)39-19-7-8-20-40(39)38-31-32-46-48(33-38)56-47-26-14-13-25-45(47)52(46)43-23-11-9-21-41(43)42-22-10-12-24-44(42)52/h1-33H. The quantitative estimate of drug-likeness (QED) is 0.177. The van der Waals surface area contributed by atoms with Crippen LogP contribution < -0.4 is 0 Å². The Morgan fingerprint density at radius 2 is 0.679 bits per heavy atom. The maximum absolute atomic E-state index is 4.96. The molecule has 0 amide bonds. The van der Waals surface area contributed by atoms with Crippen molar-refractivity contribution in [2.75, 3.05) is 0 Å². The number of fused-ring (bicyclic) bond motifs is 9. The number of hydrogen-bond donors (Lipinski definition) is 0. The average Bonchev–Trinajstić information content (AvgIpc) is 3.57. The van der Waals surface area contributed by atoms with Crippen molar-refractivity contribution in [1.29, 1.82) is 0 Å². The van der Waals surface area contributed by atoms with Crippen molar-refractivity contribution >= 4 is 11.8 Å². The summed E-state index contributed by atoms with van der Waals surface area (Å²) in [6.07, 6.45) is 0. The zero-order chi connectivity index (χ0) is 37.1. The normalized spacial score (nSPS) is 13.1. The second-order valence-electron chi connectivity index (χ2n) is 14.3. The summed E-state index contributed by atoms with van der Waals surface area (Å²) >= 11 is 1.88. The molecule has 0 saturated heterocycles. The Balaban J connectivity index is 1.01. The van der Waals surface area contributed by atoms with Crippen LogP contribution in [0.2, 0.25) is 0 Å². The zero-order valence-corrected chi connectivity index (χ0v) is 31.1. The predicted octanol–water partition coefficient (Wildman–Crippen LogP) is 13.0. The second kappa shape index (κ2) is 13.2. The molecule has 1 aliphatic heterocycles. The minimum atomic E-state index is -0.381. The molecule has 1 aliphatic carbocycles. The fraction of sp³-hybridized carbons (Fsp3) is 0.0192. The lowest BCUT2D eigenvalue weighted by Gasteiger charge is -2.39. The van der Waals surface area contributed by atoms with E-state index < -0.39 is 0 Å². The summed E-state index contributed by atoms with van der Waals surface area (Å²) in [4.78, 5) is 17.4. The van der Waals surface area contributed by atoms with Crippen LogP contribution >= 0.6 is 11.8 Å². The molecule has 0 unspecified atom stereocenters. The predicted molar refractivity (Wildman–Crippen MR) is 228 cm³/mol. The molecule has 4 heteroatoms. The molecule has 2 aliphatic rings. The first-order valence-corrected chi connectivity index (χ1v) is 19.8. The monoisotopic (exact) mass is 731 g/mol. The van der Waals surface area contributed by atoms with Gasteiger partial charge in [0.15, 0.2) is 17.5 Å². The molecule has 11 rings (SSSR count). The summed E-state index contributed by atoms with van der Waals surface area (Å²) in [5.74, 6) is 1.96. The van der Waals surface area contributed by atoms with Crippen LogP contribution in [-0.4, -0.2) is 15.0 Å². The Morgan fingerprint density at radius 3 is 1.25 bits per heavy atom. The van der Waals surface area contributed by atoms with Crippen molar-refractivity contribution in [2.45, 2.75) is 15.2 Å². The van der Waals surface area contributed by atoms with Crippen molar-refractivity contribution in [3.63, 3.8) is 0 Å². The molecular formula is C52H33N3S. The highest BCUT2D eigenvalue weighted by Crippen LogP contribution is 2.62. The van der Waals surface area contributed by atoms with Gasteiger partial charge in [-0.3, -0.25) is 0 Å². The SMILES string of the molecule is c1ccc(-c2nc(-c3ccccc3)nc(-c3ccc(-c4ccccc4-c4ccc5c(c4)Sc4ccccc4C54c5ccccc5-c5ccccc54)cc3)n2)cc1. The molecule has 0 saturated carbocycles. The van der Waals surface area contributed by atoms with E-state index in [1.807, 2.05) is 72.4 Å². The third kappa shape index (κ3) is 5.10. The summed E-state index contributed by atoms with van der Waals surface area (Å²) in [7, 11) is 0. The summed E-state index contributed by atoms with van der Waals surface area (Å²) in [6, 6.07) is 71.6. The van der Waals surface area contributed by atoms with Crippen molar-refractivity contribution in [3.05, 3.63) is 222 Å². The molecule has 9 aromatic rings. The van der Waals surface area contributed by atoms with Gasteiger partial charge in [0.2, 0.25) is 0 Å². The van der Waals surface area contributed by atoms with Crippen LogP contribution in [0.4, 0.5) is 0 Å². The smallest absolute Gasteiger partial charge is 0.164 e. The van der Waals surface area contributed by atoms with Gasteiger partial charge in [0, 0.05) is 26.5 Å². The van der Waals surface area contributed by atoms with Crippen LogP contribution in [0.3, 0.4) is 0 Å². The van der Waals surface area contributed by atoms with Crippen LogP contribution in [0.5, 0.6) is 0 Å². The molecular weight excluding hydrogens is 699 g/mol. The van der Waals surface area contributed by atoms with E-state index in [1.165, 1.54) is 59.9 Å². The minimum Gasteiger partial charge on any atom is -0.208 e. The van der Waals surface area contributed by atoms with Crippen molar-refractivity contribution in [2.24, 2.45) is 0 Å². The first-order valence-electron chi connectivity index (χ1n) is 18.9. The minimum absolute atomic E-state index is 0.381. The Labute approximate surface area is 330 Å². The van der Waals surface area contributed by atoms with E-state index in [9.17, 15) is 0 Å².